The SMILES string of the molecule is CCCCCCCCCCCCOC(=O)CCSCCCC(N)=NCCCN1CCN(CCCN=C(N)CCCSCCC(=O)OCCCCCCCCCCCC)CC1. The fourth-order valence-electron chi connectivity index (χ4n) is 7.35. The molecule has 0 unspecified atom stereocenters. The van der Waals surface area contributed by atoms with Crippen LogP contribution in [0.4, 0.5) is 0 Å². The average Bonchev–Trinajstić information content (AvgIpc) is 3.25. The summed E-state index contributed by atoms with van der Waals surface area (Å²) in [7, 11) is 0. The van der Waals surface area contributed by atoms with Crippen LogP contribution < -0.4 is 11.5 Å². The normalized spacial score (nSPS) is 14.2. The molecule has 0 atom stereocenters. The summed E-state index contributed by atoms with van der Waals surface area (Å²) < 4.78 is 10.8. The van der Waals surface area contributed by atoms with Crippen molar-refractivity contribution in [3.8, 4) is 0 Å². The second-order valence-electron chi connectivity index (χ2n) is 16.9. The predicted molar refractivity (Wildman–Crippen MR) is 263 cm³/mol. The van der Waals surface area contributed by atoms with Crippen molar-refractivity contribution < 1.29 is 19.1 Å². The van der Waals surface area contributed by atoms with Gasteiger partial charge < -0.3 is 30.7 Å². The molecule has 1 rings (SSSR count). The Morgan fingerprint density at radius 2 is 0.783 bits per heavy atom. The van der Waals surface area contributed by atoms with Gasteiger partial charge in [0.05, 0.1) is 37.7 Å². The third kappa shape index (κ3) is 39.4. The highest BCUT2D eigenvalue weighted by molar-refractivity contribution is 7.99. The van der Waals surface area contributed by atoms with Crippen molar-refractivity contribution in [1.82, 2.24) is 9.80 Å². The molecule has 12 heteroatoms. The minimum atomic E-state index is -0.0625. The van der Waals surface area contributed by atoms with Gasteiger partial charge in [-0.05, 0) is 63.1 Å². The van der Waals surface area contributed by atoms with Gasteiger partial charge in [-0.3, -0.25) is 19.6 Å². The fraction of sp³-hybridized carbons (Fsp3) is 0.917. The number of amidine groups is 2. The van der Waals surface area contributed by atoms with E-state index in [0.29, 0.717) is 26.1 Å². The monoisotopic (exact) mass is 883 g/mol. The van der Waals surface area contributed by atoms with E-state index in [4.69, 9.17) is 20.9 Å². The van der Waals surface area contributed by atoms with Crippen molar-refractivity contribution >= 4 is 47.1 Å². The van der Waals surface area contributed by atoms with Crippen molar-refractivity contribution in [3.05, 3.63) is 0 Å². The fourth-order valence-corrected chi connectivity index (χ4v) is 9.08. The number of carbonyl (C=O) groups excluding carboxylic acids is 2. The number of hydrogen-bond acceptors (Lipinski definition) is 10. The molecule has 1 saturated heterocycles. The third-order valence-electron chi connectivity index (χ3n) is 11.2. The molecule has 0 radical (unpaired) electrons. The first kappa shape index (κ1) is 56.5. The van der Waals surface area contributed by atoms with E-state index in [0.717, 1.165) is 151 Å². The Bertz CT molecular complexity index is 964. The van der Waals surface area contributed by atoms with Crippen molar-refractivity contribution in [1.29, 1.82) is 0 Å². The van der Waals surface area contributed by atoms with E-state index in [-0.39, 0.29) is 11.9 Å². The quantitative estimate of drug-likeness (QED) is 0.0263. The highest BCUT2D eigenvalue weighted by Crippen LogP contribution is 2.13. The Morgan fingerprint density at radius 1 is 0.450 bits per heavy atom. The van der Waals surface area contributed by atoms with Crippen LogP contribution in [0.1, 0.15) is 194 Å². The Labute approximate surface area is 378 Å². The zero-order valence-corrected chi connectivity index (χ0v) is 40.7. The summed E-state index contributed by atoms with van der Waals surface area (Å²) in [5, 5.41) is 0. The molecule has 1 fully saturated rings. The van der Waals surface area contributed by atoms with Gasteiger partial charge in [0, 0.05) is 63.6 Å². The molecule has 1 aliphatic heterocycles. The van der Waals surface area contributed by atoms with E-state index < -0.39 is 0 Å². The lowest BCUT2D eigenvalue weighted by Gasteiger charge is -2.34. The van der Waals surface area contributed by atoms with Crippen LogP contribution in [0.2, 0.25) is 0 Å². The number of carbonyl (C=O) groups is 2. The Hall–Kier alpha value is -1.50. The van der Waals surface area contributed by atoms with Crippen LogP contribution in [0.25, 0.3) is 0 Å². The van der Waals surface area contributed by atoms with E-state index in [2.05, 4.69) is 33.6 Å². The summed E-state index contributed by atoms with van der Waals surface area (Å²) in [4.78, 5) is 38.3. The molecule has 4 N–H and O–H groups in total. The number of thioether (sulfide) groups is 2. The molecule has 60 heavy (non-hydrogen) atoms. The Kier molecular flexibility index (Phi) is 41.6. The number of unbranched alkanes of at least 4 members (excludes halogenated alkanes) is 18. The van der Waals surface area contributed by atoms with Crippen molar-refractivity contribution in [2.24, 2.45) is 21.5 Å². The topological polar surface area (TPSA) is 136 Å². The molecular weight excluding hydrogens is 789 g/mol. The van der Waals surface area contributed by atoms with Gasteiger partial charge in [-0.1, -0.05) is 129 Å². The number of piperazine rings is 1. The third-order valence-corrected chi connectivity index (χ3v) is 13.4. The molecule has 0 aromatic heterocycles. The second kappa shape index (κ2) is 44.1. The molecule has 0 spiro atoms. The zero-order chi connectivity index (χ0) is 43.4. The molecule has 10 nitrogen and oxygen atoms in total. The zero-order valence-electron chi connectivity index (χ0n) is 39.1. The summed E-state index contributed by atoms with van der Waals surface area (Å²) in [6.07, 6.45) is 32.4. The van der Waals surface area contributed by atoms with Crippen LogP contribution in [0.5, 0.6) is 0 Å². The van der Waals surface area contributed by atoms with Gasteiger partial charge >= 0.3 is 11.9 Å². The van der Waals surface area contributed by atoms with Crippen LogP contribution in [0.15, 0.2) is 9.98 Å². The maximum absolute atomic E-state index is 12.0. The molecule has 1 heterocycles. The van der Waals surface area contributed by atoms with Crippen LogP contribution in [0.3, 0.4) is 0 Å². The molecule has 0 saturated carbocycles. The minimum absolute atomic E-state index is 0.0625. The average molecular weight is 883 g/mol. The van der Waals surface area contributed by atoms with Crippen molar-refractivity contribution in [3.63, 3.8) is 0 Å². The van der Waals surface area contributed by atoms with E-state index in [1.807, 2.05) is 0 Å². The molecule has 352 valence electrons. The van der Waals surface area contributed by atoms with E-state index in [1.54, 1.807) is 23.5 Å². The minimum Gasteiger partial charge on any atom is -0.466 e. The van der Waals surface area contributed by atoms with Crippen LogP contribution >= 0.6 is 23.5 Å². The largest absolute Gasteiger partial charge is 0.466 e. The summed E-state index contributed by atoms with van der Waals surface area (Å²) in [5.74, 6) is 4.99. The number of ether oxygens (including phenoxy) is 2. The summed E-state index contributed by atoms with van der Waals surface area (Å²) in [5.41, 5.74) is 12.4. The Balaban J connectivity index is 1.89. The lowest BCUT2D eigenvalue weighted by Crippen LogP contribution is -2.46. The second-order valence-corrected chi connectivity index (χ2v) is 19.3. The molecule has 1 aliphatic rings. The number of nitrogens with two attached hydrogens (primary N) is 2. The summed E-state index contributed by atoms with van der Waals surface area (Å²) in [6.45, 7) is 13.8. The first-order valence-electron chi connectivity index (χ1n) is 24.9. The molecule has 0 amide bonds. The highest BCUT2D eigenvalue weighted by Gasteiger charge is 2.16. The van der Waals surface area contributed by atoms with Crippen LogP contribution in [-0.4, -0.2) is 122 Å². The van der Waals surface area contributed by atoms with Crippen molar-refractivity contribution in [2.45, 2.75) is 194 Å². The molecule has 0 bridgehead atoms. The first-order chi connectivity index (χ1) is 29.4. The van der Waals surface area contributed by atoms with Gasteiger partial charge in [-0.25, -0.2) is 0 Å². The smallest absolute Gasteiger partial charge is 0.306 e. The molecule has 0 aromatic rings. The van der Waals surface area contributed by atoms with Gasteiger partial charge in [-0.2, -0.15) is 23.5 Å². The standard InChI is InChI=1S/C48H94N6O4S2/c1-3-5-7-9-11-13-15-17-19-21-39-57-47(55)29-43-59-41-23-27-45(49)51-31-25-33-53-35-37-54(38-36-53)34-26-32-52-46(50)28-24-42-60-44-30-48(56)58-40-22-20-18-16-14-12-10-8-6-4-2/h3-44H2,1-2H3,(H2,49,51)(H2,50,52). The molecule has 0 aliphatic carbocycles. The maximum Gasteiger partial charge on any atom is 0.306 e. The summed E-state index contributed by atoms with van der Waals surface area (Å²) in [6, 6.07) is 0. The number of rotatable bonds is 44. The number of nitrogens with zero attached hydrogens (tertiary/aromatic N) is 4. The highest BCUT2D eigenvalue weighted by atomic mass is 32.2. The number of hydrogen-bond donors (Lipinski definition) is 2. The van der Waals surface area contributed by atoms with Crippen molar-refractivity contribution in [2.75, 3.05) is 88.6 Å². The van der Waals surface area contributed by atoms with Crippen LogP contribution in [0, 0.1) is 0 Å². The lowest BCUT2D eigenvalue weighted by atomic mass is 10.1. The molecule has 0 aromatic carbocycles. The van der Waals surface area contributed by atoms with E-state index >= 15 is 0 Å². The van der Waals surface area contributed by atoms with E-state index in [1.165, 1.54) is 103 Å². The van der Waals surface area contributed by atoms with Crippen LogP contribution in [-0.2, 0) is 19.1 Å². The van der Waals surface area contributed by atoms with Gasteiger partial charge in [0.1, 0.15) is 0 Å². The predicted octanol–water partition coefficient (Wildman–Crippen LogP) is 10.8. The Morgan fingerprint density at radius 3 is 1.13 bits per heavy atom. The van der Waals surface area contributed by atoms with Gasteiger partial charge in [0.15, 0.2) is 0 Å². The van der Waals surface area contributed by atoms with E-state index in [9.17, 15) is 9.59 Å². The lowest BCUT2D eigenvalue weighted by molar-refractivity contribution is -0.144. The maximum atomic E-state index is 12.0. The molecular formula is C48H94N6O4S2. The number of aliphatic imine (C=N–C) groups is 2. The van der Waals surface area contributed by atoms with Gasteiger partial charge in [0.25, 0.3) is 0 Å². The summed E-state index contributed by atoms with van der Waals surface area (Å²) >= 11 is 3.60. The van der Waals surface area contributed by atoms with Gasteiger partial charge in [-0.15, -0.1) is 0 Å². The first-order valence-corrected chi connectivity index (χ1v) is 27.2. The van der Waals surface area contributed by atoms with Gasteiger partial charge in [0.2, 0.25) is 0 Å². The number of esters is 2.